The van der Waals surface area contributed by atoms with Gasteiger partial charge in [0.25, 0.3) is 0 Å². The molecule has 1 fully saturated rings. The van der Waals surface area contributed by atoms with Gasteiger partial charge in [-0.25, -0.2) is 0 Å². The Kier molecular flexibility index (Phi) is 6.29. The third-order valence-electron chi connectivity index (χ3n) is 3.55. The van der Waals surface area contributed by atoms with Gasteiger partial charge in [0.15, 0.2) is 0 Å². The average molecular weight is 345 g/mol. The van der Waals surface area contributed by atoms with Crippen molar-refractivity contribution in [2.24, 2.45) is 5.92 Å². The third kappa shape index (κ3) is 4.19. The molecule has 0 aliphatic carbocycles. The number of halogens is 1. The molecule has 1 atom stereocenters. The van der Waals surface area contributed by atoms with Crippen molar-refractivity contribution in [1.29, 1.82) is 0 Å². The molecule has 4 nitrogen and oxygen atoms in total. The number of rotatable bonds is 6. The Morgan fingerprint density at radius 1 is 1.35 bits per heavy atom. The highest BCUT2D eigenvalue weighted by atomic mass is 79.9. The second kappa shape index (κ2) is 7.98. The van der Waals surface area contributed by atoms with E-state index in [4.69, 9.17) is 14.2 Å². The number of hydrogen-bond acceptors (Lipinski definition) is 4. The van der Waals surface area contributed by atoms with Crippen molar-refractivity contribution in [1.82, 2.24) is 0 Å². The number of aliphatic hydroxyl groups excluding tert-OH is 1. The summed E-state index contributed by atoms with van der Waals surface area (Å²) < 4.78 is 16.7. The van der Waals surface area contributed by atoms with Crippen molar-refractivity contribution in [2.45, 2.75) is 18.9 Å². The van der Waals surface area contributed by atoms with Crippen LogP contribution in [0.15, 0.2) is 22.7 Å². The van der Waals surface area contributed by atoms with E-state index in [2.05, 4.69) is 15.9 Å². The monoisotopic (exact) mass is 344 g/mol. The molecule has 1 aliphatic rings. The van der Waals surface area contributed by atoms with Gasteiger partial charge in [0.2, 0.25) is 0 Å². The van der Waals surface area contributed by atoms with Gasteiger partial charge in [0.05, 0.1) is 17.2 Å². The second-order valence-electron chi connectivity index (χ2n) is 4.93. The van der Waals surface area contributed by atoms with E-state index in [9.17, 15) is 5.11 Å². The quantitative estimate of drug-likeness (QED) is 0.806. The van der Waals surface area contributed by atoms with E-state index < -0.39 is 6.10 Å². The van der Waals surface area contributed by atoms with Crippen molar-refractivity contribution >= 4 is 15.9 Å². The van der Waals surface area contributed by atoms with Crippen molar-refractivity contribution in [3.05, 3.63) is 28.2 Å². The highest BCUT2D eigenvalue weighted by molar-refractivity contribution is 9.10. The van der Waals surface area contributed by atoms with Crippen LogP contribution in [-0.4, -0.2) is 38.6 Å². The first-order valence-corrected chi connectivity index (χ1v) is 7.68. The van der Waals surface area contributed by atoms with Gasteiger partial charge in [-0.3, -0.25) is 0 Å². The van der Waals surface area contributed by atoms with Crippen molar-refractivity contribution in [2.75, 3.05) is 33.5 Å². The van der Waals surface area contributed by atoms with E-state index in [0.29, 0.717) is 13.2 Å². The molecule has 0 bridgehead atoms. The summed E-state index contributed by atoms with van der Waals surface area (Å²) >= 11 is 3.49. The van der Waals surface area contributed by atoms with Crippen LogP contribution in [0.5, 0.6) is 5.75 Å². The standard InChI is InChI=1S/C15H21BrO4/c1-18-8-9-20-14-3-2-12(10-13(14)16)15(17)11-4-6-19-7-5-11/h2-3,10-11,15,17H,4-9H2,1H3. The number of ether oxygens (including phenoxy) is 3. The minimum atomic E-state index is -0.441. The summed E-state index contributed by atoms with van der Waals surface area (Å²) in [6.45, 7) is 2.54. The minimum absolute atomic E-state index is 0.274. The number of aliphatic hydroxyl groups is 1. The van der Waals surface area contributed by atoms with Crippen LogP contribution in [0.3, 0.4) is 0 Å². The molecule has 1 N–H and O–H groups in total. The molecular weight excluding hydrogens is 324 g/mol. The number of hydrogen-bond donors (Lipinski definition) is 1. The summed E-state index contributed by atoms with van der Waals surface area (Å²) in [5.41, 5.74) is 0.919. The summed E-state index contributed by atoms with van der Waals surface area (Å²) in [6, 6.07) is 5.74. The molecule has 0 spiro atoms. The van der Waals surface area contributed by atoms with Crippen LogP contribution < -0.4 is 4.74 Å². The Labute approximate surface area is 128 Å². The van der Waals surface area contributed by atoms with Crippen molar-refractivity contribution in [3.8, 4) is 5.75 Å². The van der Waals surface area contributed by atoms with Gasteiger partial charge in [0, 0.05) is 20.3 Å². The molecule has 0 saturated carbocycles. The summed E-state index contributed by atoms with van der Waals surface area (Å²) in [4.78, 5) is 0. The molecule has 1 aromatic rings. The fourth-order valence-electron chi connectivity index (χ4n) is 2.36. The lowest BCUT2D eigenvalue weighted by molar-refractivity contribution is 0.00714. The fourth-order valence-corrected chi connectivity index (χ4v) is 2.87. The van der Waals surface area contributed by atoms with Crippen LogP contribution in [0.1, 0.15) is 24.5 Å². The van der Waals surface area contributed by atoms with Gasteiger partial charge in [0.1, 0.15) is 12.4 Å². The smallest absolute Gasteiger partial charge is 0.133 e. The molecule has 0 amide bonds. The average Bonchev–Trinajstić information content (AvgIpc) is 2.49. The molecule has 1 aromatic carbocycles. The Bertz CT molecular complexity index is 418. The highest BCUT2D eigenvalue weighted by Gasteiger charge is 2.24. The molecule has 1 heterocycles. The molecule has 20 heavy (non-hydrogen) atoms. The Morgan fingerprint density at radius 2 is 2.10 bits per heavy atom. The predicted octanol–water partition coefficient (Wildman–Crippen LogP) is 2.93. The fraction of sp³-hybridized carbons (Fsp3) is 0.600. The maximum atomic E-state index is 10.4. The van der Waals surface area contributed by atoms with Crippen LogP contribution in [0.2, 0.25) is 0 Å². The van der Waals surface area contributed by atoms with Crippen LogP contribution in [-0.2, 0) is 9.47 Å². The predicted molar refractivity (Wildman–Crippen MR) is 80.0 cm³/mol. The SMILES string of the molecule is COCCOc1ccc(C(O)C2CCOCC2)cc1Br. The molecule has 0 radical (unpaired) electrons. The van der Waals surface area contributed by atoms with E-state index in [1.165, 1.54) is 0 Å². The molecule has 2 rings (SSSR count). The zero-order chi connectivity index (χ0) is 14.4. The Balaban J connectivity index is 1.99. The largest absolute Gasteiger partial charge is 0.490 e. The molecule has 112 valence electrons. The first-order valence-electron chi connectivity index (χ1n) is 6.89. The summed E-state index contributed by atoms with van der Waals surface area (Å²) in [6.07, 6.45) is 1.37. The van der Waals surface area contributed by atoms with Crippen LogP contribution in [0.25, 0.3) is 0 Å². The van der Waals surface area contributed by atoms with Gasteiger partial charge in [-0.05, 0) is 52.4 Å². The van der Waals surface area contributed by atoms with Crippen LogP contribution in [0, 0.1) is 5.92 Å². The number of benzene rings is 1. The molecule has 0 aromatic heterocycles. The topological polar surface area (TPSA) is 47.9 Å². The minimum Gasteiger partial charge on any atom is -0.490 e. The maximum absolute atomic E-state index is 10.4. The maximum Gasteiger partial charge on any atom is 0.133 e. The van der Waals surface area contributed by atoms with E-state index in [1.54, 1.807) is 7.11 Å². The first kappa shape index (κ1) is 15.8. The molecule has 1 saturated heterocycles. The second-order valence-corrected chi connectivity index (χ2v) is 5.78. The highest BCUT2D eigenvalue weighted by Crippen LogP contribution is 2.34. The summed E-state index contributed by atoms with van der Waals surface area (Å²) in [5.74, 6) is 1.04. The Hall–Kier alpha value is -0.620. The summed E-state index contributed by atoms with van der Waals surface area (Å²) in [7, 11) is 1.64. The molecule has 5 heteroatoms. The molecule has 1 unspecified atom stereocenters. The van der Waals surface area contributed by atoms with E-state index >= 15 is 0 Å². The van der Waals surface area contributed by atoms with Gasteiger partial charge >= 0.3 is 0 Å². The third-order valence-corrected chi connectivity index (χ3v) is 4.17. The van der Waals surface area contributed by atoms with Gasteiger partial charge < -0.3 is 19.3 Å². The van der Waals surface area contributed by atoms with Gasteiger partial charge in [-0.1, -0.05) is 6.07 Å². The summed E-state index contributed by atoms with van der Waals surface area (Å²) in [5, 5.41) is 10.4. The number of methoxy groups -OCH3 is 1. The lowest BCUT2D eigenvalue weighted by Crippen LogP contribution is -2.22. The zero-order valence-electron chi connectivity index (χ0n) is 11.7. The van der Waals surface area contributed by atoms with E-state index in [-0.39, 0.29) is 5.92 Å². The van der Waals surface area contributed by atoms with Crippen LogP contribution >= 0.6 is 15.9 Å². The first-order chi connectivity index (χ1) is 9.72. The normalized spacial score (nSPS) is 17.9. The molecule has 1 aliphatic heterocycles. The lowest BCUT2D eigenvalue weighted by Gasteiger charge is -2.27. The zero-order valence-corrected chi connectivity index (χ0v) is 13.3. The molecular formula is C15H21BrO4. The van der Waals surface area contributed by atoms with Gasteiger partial charge in [-0.15, -0.1) is 0 Å². The lowest BCUT2D eigenvalue weighted by atomic mass is 9.89. The van der Waals surface area contributed by atoms with E-state index in [1.807, 2.05) is 18.2 Å². The van der Waals surface area contributed by atoms with Crippen molar-refractivity contribution < 1.29 is 19.3 Å². The van der Waals surface area contributed by atoms with Gasteiger partial charge in [-0.2, -0.15) is 0 Å². The van der Waals surface area contributed by atoms with E-state index in [0.717, 1.165) is 41.8 Å². The van der Waals surface area contributed by atoms with Crippen LogP contribution in [0.4, 0.5) is 0 Å². The Morgan fingerprint density at radius 3 is 2.75 bits per heavy atom. The van der Waals surface area contributed by atoms with Crippen molar-refractivity contribution in [3.63, 3.8) is 0 Å².